The van der Waals surface area contributed by atoms with Crippen LogP contribution in [0, 0.1) is 5.92 Å². The van der Waals surface area contributed by atoms with Crippen LogP contribution < -0.4 is 0 Å². The van der Waals surface area contributed by atoms with E-state index in [4.69, 9.17) is 4.74 Å². The fourth-order valence-corrected chi connectivity index (χ4v) is 3.28. The standard InChI is InChI=1S/C14H18N2O2/c1-2-18-13-11-3-4-12(13)16(9-11)14(17)10-5-7-15-8-6-10/h5-8,11-13H,2-4,9H2,1H3/t11-,12+,13-/m0/s1. The molecule has 2 heterocycles. The number of hydrogen-bond acceptors (Lipinski definition) is 3. The molecule has 0 N–H and O–H groups in total. The highest BCUT2D eigenvalue weighted by atomic mass is 16.5. The van der Waals surface area contributed by atoms with Crippen LogP contribution in [0.3, 0.4) is 0 Å². The molecule has 2 fully saturated rings. The molecule has 2 bridgehead atoms. The lowest BCUT2D eigenvalue weighted by Crippen LogP contribution is -2.39. The van der Waals surface area contributed by atoms with Gasteiger partial charge in [0.15, 0.2) is 0 Å². The summed E-state index contributed by atoms with van der Waals surface area (Å²) in [4.78, 5) is 18.4. The van der Waals surface area contributed by atoms with Gasteiger partial charge >= 0.3 is 0 Å². The maximum atomic E-state index is 12.4. The van der Waals surface area contributed by atoms with Gasteiger partial charge in [0, 0.05) is 37.0 Å². The van der Waals surface area contributed by atoms with E-state index >= 15 is 0 Å². The number of ether oxygens (including phenoxy) is 1. The van der Waals surface area contributed by atoms with Gasteiger partial charge in [0.05, 0.1) is 12.1 Å². The molecule has 1 amide bonds. The van der Waals surface area contributed by atoms with Crippen LogP contribution in [0.25, 0.3) is 0 Å². The third-order valence-corrected chi connectivity index (χ3v) is 4.06. The van der Waals surface area contributed by atoms with Gasteiger partial charge in [0.1, 0.15) is 0 Å². The number of carbonyl (C=O) groups excluding carboxylic acids is 1. The minimum atomic E-state index is 0.120. The van der Waals surface area contributed by atoms with E-state index in [-0.39, 0.29) is 18.1 Å². The predicted molar refractivity (Wildman–Crippen MR) is 67.2 cm³/mol. The van der Waals surface area contributed by atoms with Crippen molar-refractivity contribution < 1.29 is 9.53 Å². The quantitative estimate of drug-likeness (QED) is 0.815. The van der Waals surface area contributed by atoms with Gasteiger partial charge in [-0.25, -0.2) is 0 Å². The van der Waals surface area contributed by atoms with Crippen molar-refractivity contribution in [3.8, 4) is 0 Å². The first-order valence-electron chi connectivity index (χ1n) is 6.64. The van der Waals surface area contributed by atoms with E-state index in [0.717, 1.165) is 25.1 Å². The molecule has 1 aromatic rings. The summed E-state index contributed by atoms with van der Waals surface area (Å²) in [5.41, 5.74) is 0.729. The Kier molecular flexibility index (Phi) is 3.04. The number of hydrogen-bond donors (Lipinski definition) is 0. The van der Waals surface area contributed by atoms with Crippen molar-refractivity contribution >= 4 is 5.91 Å². The molecule has 96 valence electrons. The van der Waals surface area contributed by atoms with Gasteiger partial charge in [0.2, 0.25) is 0 Å². The first-order chi connectivity index (χ1) is 8.81. The van der Waals surface area contributed by atoms with Crippen molar-refractivity contribution in [2.24, 2.45) is 5.92 Å². The first kappa shape index (κ1) is 11.7. The zero-order valence-electron chi connectivity index (χ0n) is 10.6. The van der Waals surface area contributed by atoms with E-state index in [2.05, 4.69) is 4.98 Å². The molecule has 0 aromatic carbocycles. The molecule has 18 heavy (non-hydrogen) atoms. The maximum absolute atomic E-state index is 12.4. The van der Waals surface area contributed by atoms with E-state index in [1.165, 1.54) is 6.42 Å². The van der Waals surface area contributed by atoms with Crippen molar-refractivity contribution in [1.82, 2.24) is 9.88 Å². The molecule has 3 rings (SSSR count). The first-order valence-corrected chi connectivity index (χ1v) is 6.64. The molecule has 0 unspecified atom stereocenters. The number of amides is 1. The molecule has 4 nitrogen and oxygen atoms in total. The molecule has 4 heteroatoms. The van der Waals surface area contributed by atoms with Gasteiger partial charge in [-0.3, -0.25) is 9.78 Å². The highest BCUT2D eigenvalue weighted by Gasteiger charge is 2.49. The zero-order chi connectivity index (χ0) is 12.5. The average Bonchev–Trinajstić information content (AvgIpc) is 2.97. The Morgan fingerprint density at radius 2 is 2.22 bits per heavy atom. The fraction of sp³-hybridized carbons (Fsp3) is 0.571. The molecule has 1 aromatic heterocycles. The topological polar surface area (TPSA) is 42.4 Å². The summed E-state index contributed by atoms with van der Waals surface area (Å²) in [6.45, 7) is 3.60. The number of likely N-dealkylation sites (tertiary alicyclic amines) is 1. The minimum Gasteiger partial charge on any atom is -0.376 e. The molecule has 1 aliphatic carbocycles. The molecule has 1 saturated carbocycles. The Morgan fingerprint density at radius 3 is 2.94 bits per heavy atom. The molecule has 2 aliphatic rings. The van der Waals surface area contributed by atoms with Crippen LogP contribution in [0.1, 0.15) is 30.1 Å². The lowest BCUT2D eigenvalue weighted by atomic mass is 10.1. The van der Waals surface area contributed by atoms with Crippen LogP contribution in [-0.2, 0) is 4.74 Å². The number of nitrogens with zero attached hydrogens (tertiary/aromatic N) is 2. The van der Waals surface area contributed by atoms with Crippen molar-refractivity contribution in [2.45, 2.75) is 31.9 Å². The Morgan fingerprint density at radius 1 is 1.44 bits per heavy atom. The Hall–Kier alpha value is -1.42. The van der Waals surface area contributed by atoms with Crippen molar-refractivity contribution in [1.29, 1.82) is 0 Å². The molecule has 1 aliphatic heterocycles. The lowest BCUT2D eigenvalue weighted by molar-refractivity contribution is 0.0333. The van der Waals surface area contributed by atoms with E-state index in [1.54, 1.807) is 24.5 Å². The van der Waals surface area contributed by atoms with Gasteiger partial charge in [-0.2, -0.15) is 0 Å². The summed E-state index contributed by atoms with van der Waals surface area (Å²) in [7, 11) is 0. The monoisotopic (exact) mass is 246 g/mol. The highest BCUT2D eigenvalue weighted by Crippen LogP contribution is 2.40. The van der Waals surface area contributed by atoms with E-state index in [1.807, 2.05) is 11.8 Å². The number of pyridine rings is 1. The molecule has 0 radical (unpaired) electrons. The van der Waals surface area contributed by atoms with Gasteiger partial charge < -0.3 is 9.64 Å². The van der Waals surface area contributed by atoms with Crippen LogP contribution in [0.15, 0.2) is 24.5 Å². The second kappa shape index (κ2) is 4.69. The Labute approximate surface area is 107 Å². The van der Waals surface area contributed by atoms with Crippen LogP contribution in [0.5, 0.6) is 0 Å². The molecular weight excluding hydrogens is 228 g/mol. The van der Waals surface area contributed by atoms with Gasteiger partial charge in [0.25, 0.3) is 5.91 Å². The Bertz CT molecular complexity index is 435. The summed E-state index contributed by atoms with van der Waals surface area (Å²) in [6.07, 6.45) is 5.85. The van der Waals surface area contributed by atoms with Crippen molar-refractivity contribution in [2.75, 3.05) is 13.2 Å². The lowest BCUT2D eigenvalue weighted by Gasteiger charge is -2.27. The summed E-state index contributed by atoms with van der Waals surface area (Å²) in [6, 6.07) is 3.84. The molecule has 3 atom stereocenters. The van der Waals surface area contributed by atoms with Crippen molar-refractivity contribution in [3.05, 3.63) is 30.1 Å². The second-order valence-electron chi connectivity index (χ2n) is 5.02. The summed E-state index contributed by atoms with van der Waals surface area (Å²) in [5, 5.41) is 0. The smallest absolute Gasteiger partial charge is 0.254 e. The SMILES string of the molecule is CCO[C@H]1[C@H]2CC[C@H]1N(C(=O)c1ccncc1)C2. The average molecular weight is 246 g/mol. The number of piperidine rings is 1. The van der Waals surface area contributed by atoms with Crippen LogP contribution >= 0.6 is 0 Å². The third-order valence-electron chi connectivity index (χ3n) is 4.06. The Balaban J connectivity index is 1.77. The minimum absolute atomic E-state index is 0.120. The molecule has 0 spiro atoms. The summed E-state index contributed by atoms with van der Waals surface area (Å²) < 4.78 is 5.80. The normalized spacial score (nSPS) is 29.8. The summed E-state index contributed by atoms with van der Waals surface area (Å²) >= 11 is 0. The van der Waals surface area contributed by atoms with Crippen molar-refractivity contribution in [3.63, 3.8) is 0 Å². The third kappa shape index (κ3) is 1.81. The van der Waals surface area contributed by atoms with E-state index in [0.29, 0.717) is 5.92 Å². The predicted octanol–water partition coefficient (Wildman–Crippen LogP) is 1.72. The number of rotatable bonds is 3. The highest BCUT2D eigenvalue weighted by molar-refractivity contribution is 5.94. The maximum Gasteiger partial charge on any atom is 0.254 e. The van der Waals surface area contributed by atoms with Gasteiger partial charge in [-0.15, -0.1) is 0 Å². The summed E-state index contributed by atoms with van der Waals surface area (Å²) in [5.74, 6) is 0.648. The molecular formula is C14H18N2O2. The van der Waals surface area contributed by atoms with Gasteiger partial charge in [-0.05, 0) is 31.9 Å². The van der Waals surface area contributed by atoms with E-state index in [9.17, 15) is 4.79 Å². The molecule has 1 saturated heterocycles. The van der Waals surface area contributed by atoms with Crippen LogP contribution in [0.4, 0.5) is 0 Å². The van der Waals surface area contributed by atoms with Crippen LogP contribution in [-0.4, -0.2) is 41.1 Å². The number of fused-ring (bicyclic) bond motifs is 2. The zero-order valence-corrected chi connectivity index (χ0v) is 10.6. The number of aromatic nitrogens is 1. The van der Waals surface area contributed by atoms with Crippen LogP contribution in [0.2, 0.25) is 0 Å². The van der Waals surface area contributed by atoms with E-state index < -0.39 is 0 Å². The second-order valence-corrected chi connectivity index (χ2v) is 5.02. The number of carbonyl (C=O) groups is 1. The van der Waals surface area contributed by atoms with Gasteiger partial charge in [-0.1, -0.05) is 0 Å². The largest absolute Gasteiger partial charge is 0.376 e. The fourth-order valence-electron chi connectivity index (χ4n) is 3.28.